The number of aromatic nitrogens is 1. The summed E-state index contributed by atoms with van der Waals surface area (Å²) in [6.45, 7) is 2.65. The Morgan fingerprint density at radius 1 is 1.39 bits per heavy atom. The zero-order chi connectivity index (χ0) is 13.0. The molecule has 1 aromatic heterocycles. The third kappa shape index (κ3) is 3.66. The quantitative estimate of drug-likeness (QED) is 0.810. The summed E-state index contributed by atoms with van der Waals surface area (Å²) >= 11 is 0. The van der Waals surface area contributed by atoms with Crippen LogP contribution in [-0.4, -0.2) is 33.1 Å². The van der Waals surface area contributed by atoms with Crippen LogP contribution in [0.15, 0.2) is 23.2 Å². The number of pyridine rings is 1. The second kappa shape index (κ2) is 5.64. The highest BCUT2D eigenvalue weighted by molar-refractivity contribution is 7.89. The second-order valence-electron chi connectivity index (χ2n) is 4.38. The van der Waals surface area contributed by atoms with Gasteiger partial charge >= 0.3 is 0 Å². The number of nitrogens with one attached hydrogen (secondary N) is 1. The Bertz CT molecular complexity index is 481. The third-order valence-electron chi connectivity index (χ3n) is 2.96. The minimum absolute atomic E-state index is 0.00304. The first-order valence-electron chi connectivity index (χ1n) is 5.88. The summed E-state index contributed by atoms with van der Waals surface area (Å²) in [5.41, 5.74) is 0. The zero-order valence-corrected chi connectivity index (χ0v) is 10.8. The number of nitrogens with zero attached hydrogens (tertiary/aromatic N) is 1. The van der Waals surface area contributed by atoms with Gasteiger partial charge in [-0.3, -0.25) is 0 Å². The van der Waals surface area contributed by atoms with E-state index in [1.165, 1.54) is 18.3 Å². The predicted octanol–water partition coefficient (Wildman–Crippen LogP) is 0.107. The van der Waals surface area contributed by atoms with Crippen molar-refractivity contribution in [2.75, 3.05) is 19.7 Å². The molecule has 0 saturated carbocycles. The van der Waals surface area contributed by atoms with Crippen molar-refractivity contribution in [2.24, 2.45) is 11.1 Å². The minimum atomic E-state index is -3.68. The van der Waals surface area contributed by atoms with Crippen LogP contribution in [-0.2, 0) is 10.0 Å². The van der Waals surface area contributed by atoms with Gasteiger partial charge in [-0.15, -0.1) is 0 Å². The highest BCUT2D eigenvalue weighted by atomic mass is 32.2. The van der Waals surface area contributed by atoms with Crippen LogP contribution >= 0.6 is 0 Å². The SMILES string of the molecule is NS(=O)(=O)c1ccc(OCC2CCNCC2)nc1. The Morgan fingerprint density at radius 2 is 2.11 bits per heavy atom. The van der Waals surface area contributed by atoms with E-state index in [9.17, 15) is 8.42 Å². The number of rotatable bonds is 4. The summed E-state index contributed by atoms with van der Waals surface area (Å²) in [4.78, 5) is 3.93. The number of nitrogens with two attached hydrogens (primary N) is 1. The van der Waals surface area contributed by atoms with E-state index in [-0.39, 0.29) is 4.90 Å². The first kappa shape index (κ1) is 13.3. The van der Waals surface area contributed by atoms with Crippen molar-refractivity contribution in [3.63, 3.8) is 0 Å². The van der Waals surface area contributed by atoms with Crippen LogP contribution in [0.4, 0.5) is 0 Å². The first-order valence-corrected chi connectivity index (χ1v) is 7.43. The fourth-order valence-electron chi connectivity index (χ4n) is 1.87. The molecule has 0 bridgehead atoms. The van der Waals surface area contributed by atoms with Gasteiger partial charge < -0.3 is 10.1 Å². The minimum Gasteiger partial charge on any atom is -0.477 e. The molecule has 1 aliphatic rings. The van der Waals surface area contributed by atoms with Crippen LogP contribution in [0.2, 0.25) is 0 Å². The number of ether oxygens (including phenoxy) is 1. The summed E-state index contributed by atoms with van der Waals surface area (Å²) in [5, 5.41) is 8.27. The zero-order valence-electron chi connectivity index (χ0n) is 10.0. The molecule has 0 aliphatic carbocycles. The normalized spacial score (nSPS) is 17.6. The van der Waals surface area contributed by atoms with Gasteiger partial charge in [0.2, 0.25) is 15.9 Å². The average molecular weight is 271 g/mol. The highest BCUT2D eigenvalue weighted by Crippen LogP contribution is 2.15. The Hall–Kier alpha value is -1.18. The number of sulfonamides is 1. The maximum atomic E-state index is 11.0. The van der Waals surface area contributed by atoms with Crippen molar-refractivity contribution in [2.45, 2.75) is 17.7 Å². The molecular formula is C11H17N3O3S. The molecule has 6 nitrogen and oxygen atoms in total. The maximum absolute atomic E-state index is 11.0. The molecule has 0 amide bonds. The van der Waals surface area contributed by atoms with Gasteiger partial charge in [0, 0.05) is 6.07 Å². The number of hydrogen-bond donors (Lipinski definition) is 2. The fraction of sp³-hybridized carbons (Fsp3) is 0.545. The van der Waals surface area contributed by atoms with Crippen LogP contribution in [0.5, 0.6) is 5.88 Å². The Labute approximate surface area is 107 Å². The summed E-state index contributed by atoms with van der Waals surface area (Å²) < 4.78 is 27.6. The molecule has 0 radical (unpaired) electrons. The van der Waals surface area contributed by atoms with Crippen molar-refractivity contribution in [3.8, 4) is 5.88 Å². The fourth-order valence-corrected chi connectivity index (χ4v) is 2.33. The Morgan fingerprint density at radius 3 is 2.67 bits per heavy atom. The van der Waals surface area contributed by atoms with E-state index < -0.39 is 10.0 Å². The summed E-state index contributed by atoms with van der Waals surface area (Å²) in [5.74, 6) is 0.965. The molecule has 0 atom stereocenters. The van der Waals surface area contributed by atoms with Crippen LogP contribution in [0.3, 0.4) is 0 Å². The average Bonchev–Trinajstić information content (AvgIpc) is 2.37. The molecule has 1 aromatic rings. The first-order chi connectivity index (χ1) is 8.55. The summed E-state index contributed by atoms with van der Waals surface area (Å²) in [6, 6.07) is 2.93. The maximum Gasteiger partial charge on any atom is 0.239 e. The Kier molecular flexibility index (Phi) is 4.15. The van der Waals surface area contributed by atoms with Gasteiger partial charge in [0.1, 0.15) is 4.90 Å². The van der Waals surface area contributed by atoms with E-state index in [4.69, 9.17) is 9.88 Å². The van der Waals surface area contributed by atoms with Crippen molar-refractivity contribution in [1.29, 1.82) is 0 Å². The molecule has 1 aliphatic heterocycles. The molecule has 0 spiro atoms. The van der Waals surface area contributed by atoms with Crippen LogP contribution in [0.1, 0.15) is 12.8 Å². The molecule has 0 unspecified atom stereocenters. The molecule has 1 fully saturated rings. The van der Waals surface area contributed by atoms with E-state index >= 15 is 0 Å². The molecule has 2 heterocycles. The lowest BCUT2D eigenvalue weighted by Crippen LogP contribution is -2.30. The van der Waals surface area contributed by atoms with Crippen LogP contribution in [0, 0.1) is 5.92 Å². The predicted molar refractivity (Wildman–Crippen MR) is 66.7 cm³/mol. The van der Waals surface area contributed by atoms with Gasteiger partial charge in [-0.25, -0.2) is 18.5 Å². The van der Waals surface area contributed by atoms with E-state index in [0.29, 0.717) is 18.4 Å². The van der Waals surface area contributed by atoms with E-state index in [1.807, 2.05) is 0 Å². The van der Waals surface area contributed by atoms with Gasteiger partial charge in [0.25, 0.3) is 0 Å². The lowest BCUT2D eigenvalue weighted by molar-refractivity contribution is 0.209. The summed E-state index contributed by atoms with van der Waals surface area (Å²) in [7, 11) is -3.68. The third-order valence-corrected chi connectivity index (χ3v) is 3.86. The van der Waals surface area contributed by atoms with E-state index in [1.54, 1.807) is 0 Å². The lowest BCUT2D eigenvalue weighted by atomic mass is 9.99. The second-order valence-corrected chi connectivity index (χ2v) is 5.94. The molecule has 1 saturated heterocycles. The van der Waals surface area contributed by atoms with Crippen LogP contribution < -0.4 is 15.2 Å². The van der Waals surface area contributed by atoms with Crippen molar-refractivity contribution in [3.05, 3.63) is 18.3 Å². The van der Waals surface area contributed by atoms with E-state index in [2.05, 4.69) is 10.3 Å². The monoisotopic (exact) mass is 271 g/mol. The lowest BCUT2D eigenvalue weighted by Gasteiger charge is -2.22. The van der Waals surface area contributed by atoms with Crippen molar-refractivity contribution >= 4 is 10.0 Å². The molecule has 3 N–H and O–H groups in total. The molecular weight excluding hydrogens is 254 g/mol. The van der Waals surface area contributed by atoms with Gasteiger partial charge in [-0.2, -0.15) is 0 Å². The van der Waals surface area contributed by atoms with Gasteiger partial charge in [0.15, 0.2) is 0 Å². The number of primary sulfonamides is 1. The molecule has 2 rings (SSSR count). The van der Waals surface area contributed by atoms with Crippen molar-refractivity contribution < 1.29 is 13.2 Å². The highest BCUT2D eigenvalue weighted by Gasteiger charge is 2.14. The number of piperidine rings is 1. The molecule has 100 valence electrons. The van der Waals surface area contributed by atoms with Crippen LogP contribution in [0.25, 0.3) is 0 Å². The number of hydrogen-bond acceptors (Lipinski definition) is 5. The molecule has 18 heavy (non-hydrogen) atoms. The smallest absolute Gasteiger partial charge is 0.239 e. The van der Waals surface area contributed by atoms with E-state index in [0.717, 1.165) is 25.9 Å². The standard InChI is InChI=1S/C11H17N3O3S/c12-18(15,16)10-1-2-11(14-7-10)17-8-9-3-5-13-6-4-9/h1-2,7,9,13H,3-6,8H2,(H2,12,15,16). The van der Waals surface area contributed by atoms with Gasteiger partial charge in [0.05, 0.1) is 12.8 Å². The Balaban J connectivity index is 1.90. The topological polar surface area (TPSA) is 94.3 Å². The van der Waals surface area contributed by atoms with Gasteiger partial charge in [-0.1, -0.05) is 0 Å². The molecule has 0 aromatic carbocycles. The van der Waals surface area contributed by atoms with Crippen molar-refractivity contribution in [1.82, 2.24) is 10.3 Å². The van der Waals surface area contributed by atoms with Gasteiger partial charge in [-0.05, 0) is 37.9 Å². The largest absolute Gasteiger partial charge is 0.477 e. The molecule has 7 heteroatoms. The summed E-state index contributed by atoms with van der Waals surface area (Å²) in [6.07, 6.45) is 3.40.